The van der Waals surface area contributed by atoms with Crippen molar-refractivity contribution in [2.45, 2.75) is 18.7 Å². The van der Waals surface area contributed by atoms with Crippen molar-refractivity contribution in [2.24, 2.45) is 0 Å². The number of benzene rings is 1. The molecule has 78 valence electrons. The third-order valence-electron chi connectivity index (χ3n) is 1.67. The standard InChI is InChI=1S/C7H7NO3S.C2H6/c9-7-5-3-1-2-4-6(5)12(10,11)8-7;1-2/h1-4,10-11H,(H,8,9);1-2H3. The molecule has 14 heavy (non-hydrogen) atoms. The molecule has 1 amide bonds. The van der Waals surface area contributed by atoms with Crippen molar-refractivity contribution in [2.75, 3.05) is 0 Å². The van der Waals surface area contributed by atoms with Crippen molar-refractivity contribution in [3.63, 3.8) is 0 Å². The number of hydrogen-bond donors (Lipinski definition) is 3. The minimum atomic E-state index is -3.05. The van der Waals surface area contributed by atoms with Gasteiger partial charge in [0.15, 0.2) is 0 Å². The second-order valence-electron chi connectivity index (χ2n) is 2.48. The van der Waals surface area contributed by atoms with E-state index >= 15 is 0 Å². The SMILES string of the molecule is CC.O=C1NS(O)(O)c2ccccc21. The van der Waals surface area contributed by atoms with Crippen molar-refractivity contribution < 1.29 is 13.9 Å². The molecule has 1 aromatic rings. The van der Waals surface area contributed by atoms with E-state index in [-0.39, 0.29) is 4.90 Å². The molecule has 1 aliphatic rings. The highest BCUT2D eigenvalue weighted by Crippen LogP contribution is 2.50. The first-order chi connectivity index (χ1) is 6.61. The fourth-order valence-electron chi connectivity index (χ4n) is 1.14. The average molecular weight is 215 g/mol. The van der Waals surface area contributed by atoms with Gasteiger partial charge in [-0.05, 0) is 12.1 Å². The van der Waals surface area contributed by atoms with E-state index in [1.807, 2.05) is 13.8 Å². The summed E-state index contributed by atoms with van der Waals surface area (Å²) in [4.78, 5) is 11.4. The minimum Gasteiger partial charge on any atom is -0.278 e. The highest BCUT2D eigenvalue weighted by molar-refractivity contribution is 8.23. The van der Waals surface area contributed by atoms with Gasteiger partial charge >= 0.3 is 0 Å². The molecule has 0 fully saturated rings. The number of amides is 1. The van der Waals surface area contributed by atoms with Crippen LogP contribution in [0.5, 0.6) is 0 Å². The Labute approximate surface area is 84.4 Å². The molecule has 1 heterocycles. The van der Waals surface area contributed by atoms with Crippen molar-refractivity contribution in [3.8, 4) is 0 Å². The van der Waals surface area contributed by atoms with Crippen LogP contribution in [-0.2, 0) is 0 Å². The molecule has 2 rings (SSSR count). The van der Waals surface area contributed by atoms with E-state index in [0.717, 1.165) is 0 Å². The summed E-state index contributed by atoms with van der Waals surface area (Å²) in [6, 6.07) is 6.43. The van der Waals surface area contributed by atoms with Crippen LogP contribution in [0.3, 0.4) is 0 Å². The largest absolute Gasteiger partial charge is 0.278 e. The zero-order chi connectivity index (χ0) is 10.8. The van der Waals surface area contributed by atoms with Gasteiger partial charge in [-0.2, -0.15) is 0 Å². The van der Waals surface area contributed by atoms with Gasteiger partial charge < -0.3 is 0 Å². The summed E-state index contributed by atoms with van der Waals surface area (Å²) in [5.41, 5.74) is 0.345. The second kappa shape index (κ2) is 4.00. The van der Waals surface area contributed by atoms with Crippen molar-refractivity contribution >= 4 is 16.7 Å². The fraction of sp³-hybridized carbons (Fsp3) is 0.222. The molecule has 0 unspecified atom stereocenters. The van der Waals surface area contributed by atoms with Crippen molar-refractivity contribution in [1.29, 1.82) is 0 Å². The smallest absolute Gasteiger partial charge is 0.271 e. The number of carbonyl (C=O) groups is 1. The average Bonchev–Trinajstić information content (AvgIpc) is 2.42. The van der Waals surface area contributed by atoms with Gasteiger partial charge in [0.25, 0.3) is 5.91 Å². The van der Waals surface area contributed by atoms with Crippen molar-refractivity contribution in [3.05, 3.63) is 29.8 Å². The molecule has 4 nitrogen and oxygen atoms in total. The van der Waals surface area contributed by atoms with E-state index in [1.165, 1.54) is 6.07 Å². The van der Waals surface area contributed by atoms with E-state index in [4.69, 9.17) is 0 Å². The monoisotopic (exact) mass is 215 g/mol. The van der Waals surface area contributed by atoms with Crippen LogP contribution >= 0.6 is 10.8 Å². The summed E-state index contributed by atoms with van der Waals surface area (Å²) in [5, 5.41) is 0. The quantitative estimate of drug-likeness (QED) is 0.622. The highest BCUT2D eigenvalue weighted by atomic mass is 32.3. The Kier molecular flexibility index (Phi) is 3.15. The number of carbonyl (C=O) groups excluding carboxylic acids is 1. The molecule has 0 spiro atoms. The van der Waals surface area contributed by atoms with Crippen LogP contribution in [0.15, 0.2) is 29.2 Å². The third-order valence-corrected chi connectivity index (χ3v) is 3.11. The van der Waals surface area contributed by atoms with Gasteiger partial charge in [0.2, 0.25) is 0 Å². The summed E-state index contributed by atoms with van der Waals surface area (Å²) in [5.74, 6) is -0.425. The van der Waals surface area contributed by atoms with Gasteiger partial charge in [0, 0.05) is 0 Å². The summed E-state index contributed by atoms with van der Waals surface area (Å²) < 4.78 is 20.8. The summed E-state index contributed by atoms with van der Waals surface area (Å²) in [6.45, 7) is 4.00. The van der Waals surface area contributed by atoms with Crippen LogP contribution in [0, 0.1) is 0 Å². The van der Waals surface area contributed by atoms with E-state index < -0.39 is 16.7 Å². The number of fused-ring (bicyclic) bond motifs is 1. The zero-order valence-electron chi connectivity index (χ0n) is 8.02. The molecule has 0 aliphatic carbocycles. The summed E-state index contributed by atoms with van der Waals surface area (Å²) >= 11 is 0. The molecule has 3 N–H and O–H groups in total. The van der Waals surface area contributed by atoms with Gasteiger partial charge in [-0.25, -0.2) is 4.72 Å². The molecule has 0 aromatic heterocycles. The molecule has 5 heteroatoms. The lowest BCUT2D eigenvalue weighted by atomic mass is 10.2. The van der Waals surface area contributed by atoms with Crippen LogP contribution in [0.1, 0.15) is 24.2 Å². The zero-order valence-corrected chi connectivity index (χ0v) is 8.84. The Morgan fingerprint density at radius 2 is 1.79 bits per heavy atom. The predicted octanol–water partition coefficient (Wildman–Crippen LogP) is 2.48. The molecule has 1 aromatic carbocycles. The molecular weight excluding hydrogens is 202 g/mol. The molecule has 0 bridgehead atoms. The Morgan fingerprint density at radius 3 is 2.36 bits per heavy atom. The summed E-state index contributed by atoms with van der Waals surface area (Å²) in [7, 11) is -3.05. The van der Waals surface area contributed by atoms with Gasteiger partial charge in [0.1, 0.15) is 0 Å². The number of hydrogen-bond acceptors (Lipinski definition) is 3. The topological polar surface area (TPSA) is 69.6 Å². The van der Waals surface area contributed by atoms with E-state index in [1.54, 1.807) is 18.2 Å². The molecule has 0 saturated heterocycles. The van der Waals surface area contributed by atoms with Gasteiger partial charge in [0.05, 0.1) is 10.5 Å². The maximum Gasteiger partial charge on any atom is 0.271 e. The normalized spacial score (nSPS) is 18.7. The number of rotatable bonds is 0. The van der Waals surface area contributed by atoms with Crippen molar-refractivity contribution in [1.82, 2.24) is 4.72 Å². The van der Waals surface area contributed by atoms with Crippen LogP contribution < -0.4 is 4.72 Å². The van der Waals surface area contributed by atoms with E-state index in [0.29, 0.717) is 5.56 Å². The van der Waals surface area contributed by atoms with E-state index in [9.17, 15) is 13.9 Å². The van der Waals surface area contributed by atoms with Gasteiger partial charge in [-0.3, -0.25) is 13.9 Å². The maximum atomic E-state index is 11.1. The predicted molar refractivity (Wildman–Crippen MR) is 56.4 cm³/mol. The Balaban J connectivity index is 0.000000461. The van der Waals surface area contributed by atoms with Gasteiger partial charge in [-0.15, -0.1) is 0 Å². The first-order valence-electron chi connectivity index (χ1n) is 4.30. The molecule has 0 atom stereocenters. The lowest BCUT2D eigenvalue weighted by Gasteiger charge is -2.25. The lowest BCUT2D eigenvalue weighted by Crippen LogP contribution is -2.17. The third kappa shape index (κ3) is 1.75. The fourth-order valence-corrected chi connectivity index (χ4v) is 2.36. The summed E-state index contributed by atoms with van der Waals surface area (Å²) in [6.07, 6.45) is 0. The van der Waals surface area contributed by atoms with Crippen LogP contribution in [-0.4, -0.2) is 15.0 Å². The Bertz CT molecular complexity index is 352. The van der Waals surface area contributed by atoms with Crippen LogP contribution in [0.2, 0.25) is 0 Å². The molecular formula is C9H13NO3S. The van der Waals surface area contributed by atoms with Crippen LogP contribution in [0.4, 0.5) is 0 Å². The Morgan fingerprint density at radius 1 is 1.21 bits per heavy atom. The second-order valence-corrected chi connectivity index (χ2v) is 4.22. The lowest BCUT2D eigenvalue weighted by molar-refractivity contribution is 0.0983. The Hall–Kier alpha value is -1.04. The maximum absolute atomic E-state index is 11.1. The highest BCUT2D eigenvalue weighted by Gasteiger charge is 2.31. The first-order valence-corrected chi connectivity index (χ1v) is 5.85. The van der Waals surface area contributed by atoms with Gasteiger partial charge in [-0.1, -0.05) is 36.8 Å². The number of nitrogens with one attached hydrogen (secondary N) is 1. The van der Waals surface area contributed by atoms with E-state index in [2.05, 4.69) is 4.72 Å². The van der Waals surface area contributed by atoms with Crippen LogP contribution in [0.25, 0.3) is 0 Å². The first kappa shape index (κ1) is 11.0. The minimum absolute atomic E-state index is 0.287. The molecule has 0 radical (unpaired) electrons. The molecule has 1 aliphatic heterocycles. The molecule has 0 saturated carbocycles.